The van der Waals surface area contributed by atoms with Crippen LogP contribution in [0.1, 0.15) is 67.2 Å². The lowest BCUT2D eigenvalue weighted by Gasteiger charge is -2.28. The van der Waals surface area contributed by atoms with Gasteiger partial charge < -0.3 is 35.6 Å². The summed E-state index contributed by atoms with van der Waals surface area (Å²) in [6.07, 6.45) is 3.13. The van der Waals surface area contributed by atoms with Crippen molar-refractivity contribution in [3.8, 4) is 0 Å². The Labute approximate surface area is 198 Å². The van der Waals surface area contributed by atoms with Crippen molar-refractivity contribution in [3.05, 3.63) is 0 Å². The Morgan fingerprint density at radius 2 is 0.781 bits per heavy atom. The van der Waals surface area contributed by atoms with E-state index in [0.29, 0.717) is 52.9 Å². The first-order valence-corrected chi connectivity index (χ1v) is 17.2. The predicted octanol–water partition coefficient (Wildman–Crippen LogP) is 5.07. The molecular weight excluding hydrogens is 471 g/mol. The van der Waals surface area contributed by atoms with E-state index in [1.807, 2.05) is 41.5 Å². The zero-order valence-electron chi connectivity index (χ0n) is 21.1. The molecule has 0 fully saturated rings. The van der Waals surface area contributed by atoms with Gasteiger partial charge in [-0.25, -0.2) is 0 Å². The minimum Gasteiger partial charge on any atom is -0.374 e. The Balaban J connectivity index is 4.10. The highest BCUT2D eigenvalue weighted by Gasteiger charge is 2.40. The van der Waals surface area contributed by atoms with Gasteiger partial charge in [0.05, 0.1) is 13.2 Å². The van der Waals surface area contributed by atoms with Crippen LogP contribution in [0.3, 0.4) is 0 Å². The predicted molar refractivity (Wildman–Crippen MR) is 130 cm³/mol. The Kier molecular flexibility index (Phi) is 20.9. The van der Waals surface area contributed by atoms with E-state index in [-0.39, 0.29) is 0 Å². The van der Waals surface area contributed by atoms with Crippen LogP contribution in [0.25, 0.3) is 0 Å². The molecule has 0 aliphatic carbocycles. The molecule has 0 aliphatic rings. The molecule has 0 saturated carbocycles. The largest absolute Gasteiger partial charge is 0.500 e. The molecule has 0 unspecified atom stereocenters. The van der Waals surface area contributed by atoms with Gasteiger partial charge in [0, 0.05) is 51.7 Å². The zero-order valence-corrected chi connectivity index (χ0v) is 24.1. The van der Waals surface area contributed by atoms with Gasteiger partial charge in [0.15, 0.2) is 0 Å². The highest BCUT2D eigenvalue weighted by molar-refractivity contribution is 7.33. The zero-order chi connectivity index (χ0) is 24.1. The summed E-state index contributed by atoms with van der Waals surface area (Å²) in [5.74, 6) is 0. The molecule has 0 aromatic carbocycles. The molecule has 0 aliphatic heterocycles. The number of hydrogen-bond acceptors (Lipinski definition) is 9. The van der Waals surface area contributed by atoms with Crippen LogP contribution in [0, 0.1) is 0 Å². The SMILES string of the molecule is CCO[Si](CCCCO[PH](=O)OCCCC[Si](OCC)(OCC)OCC)(OCC)OCC. The molecule has 0 aromatic heterocycles. The Bertz CT molecular complexity index is 389. The van der Waals surface area contributed by atoms with Crippen molar-refractivity contribution in [3.63, 3.8) is 0 Å². The third kappa shape index (κ3) is 14.6. The summed E-state index contributed by atoms with van der Waals surface area (Å²) >= 11 is 0. The summed E-state index contributed by atoms with van der Waals surface area (Å²) in [7, 11) is -7.74. The standard InChI is InChI=1S/C20H47O9PSi2/c1-7-24-31(25-8-2,26-9-3)19-15-13-17-22-30(21)23-18-14-16-20-32(27-10-4,28-11-5)29-12-6/h30H,7-20H2,1-6H3. The van der Waals surface area contributed by atoms with E-state index < -0.39 is 25.9 Å². The van der Waals surface area contributed by atoms with Gasteiger partial charge in [-0.3, -0.25) is 4.57 Å². The third-order valence-electron chi connectivity index (χ3n) is 4.38. The Hall–Kier alpha value is 0.344. The Morgan fingerprint density at radius 3 is 1.03 bits per heavy atom. The molecular formula is C20H47O9PSi2. The monoisotopic (exact) mass is 518 g/mol. The van der Waals surface area contributed by atoms with Gasteiger partial charge in [-0.15, -0.1) is 0 Å². The molecule has 9 nitrogen and oxygen atoms in total. The van der Waals surface area contributed by atoms with Gasteiger partial charge in [-0.05, 0) is 67.2 Å². The lowest BCUT2D eigenvalue weighted by Crippen LogP contribution is -2.45. The van der Waals surface area contributed by atoms with E-state index in [1.165, 1.54) is 0 Å². The molecule has 194 valence electrons. The number of unbranched alkanes of at least 4 members (excludes halogenated alkanes) is 2. The minimum atomic E-state index is -2.62. The van der Waals surface area contributed by atoms with Crippen molar-refractivity contribution < 1.29 is 40.2 Å². The summed E-state index contributed by atoms with van der Waals surface area (Å²) < 4.78 is 57.7. The fourth-order valence-corrected chi connectivity index (χ4v) is 9.32. The lowest BCUT2D eigenvalue weighted by atomic mass is 10.4. The van der Waals surface area contributed by atoms with Gasteiger partial charge >= 0.3 is 25.9 Å². The van der Waals surface area contributed by atoms with Crippen molar-refractivity contribution in [2.75, 3.05) is 52.9 Å². The van der Waals surface area contributed by atoms with E-state index in [0.717, 1.165) is 37.8 Å². The summed E-state index contributed by atoms with van der Waals surface area (Å²) in [5.41, 5.74) is 0. The number of hydrogen-bond donors (Lipinski definition) is 0. The fraction of sp³-hybridized carbons (Fsp3) is 1.00. The van der Waals surface area contributed by atoms with E-state index in [2.05, 4.69) is 0 Å². The highest BCUT2D eigenvalue weighted by Crippen LogP contribution is 2.26. The van der Waals surface area contributed by atoms with Crippen LogP contribution in [-0.2, 0) is 40.2 Å². The first-order valence-electron chi connectivity index (χ1n) is 12.1. The maximum Gasteiger partial charge on any atom is 0.500 e. The van der Waals surface area contributed by atoms with Gasteiger partial charge in [0.2, 0.25) is 0 Å². The van der Waals surface area contributed by atoms with Crippen LogP contribution in [0.5, 0.6) is 0 Å². The van der Waals surface area contributed by atoms with Crippen molar-refractivity contribution in [2.24, 2.45) is 0 Å². The molecule has 12 heteroatoms. The van der Waals surface area contributed by atoms with Gasteiger partial charge in [-0.2, -0.15) is 0 Å². The van der Waals surface area contributed by atoms with Crippen LogP contribution in [-0.4, -0.2) is 70.5 Å². The molecule has 0 amide bonds. The first-order chi connectivity index (χ1) is 15.5. The van der Waals surface area contributed by atoms with Gasteiger partial charge in [0.25, 0.3) is 0 Å². The molecule has 0 aromatic rings. The molecule has 0 atom stereocenters. The third-order valence-corrected chi connectivity index (χ3v) is 11.6. The summed E-state index contributed by atoms with van der Waals surface area (Å²) in [4.78, 5) is 0. The molecule has 32 heavy (non-hydrogen) atoms. The van der Waals surface area contributed by atoms with Gasteiger partial charge in [-0.1, -0.05) is 0 Å². The molecule has 0 spiro atoms. The fourth-order valence-electron chi connectivity index (χ4n) is 3.24. The second-order valence-corrected chi connectivity index (χ2v) is 13.4. The molecule has 0 rings (SSSR count). The summed E-state index contributed by atoms with van der Waals surface area (Å²) in [5, 5.41) is 0. The molecule has 0 bridgehead atoms. The quantitative estimate of drug-likeness (QED) is 0.0987. The van der Waals surface area contributed by atoms with Crippen molar-refractivity contribution in [1.29, 1.82) is 0 Å². The maximum atomic E-state index is 12.0. The van der Waals surface area contributed by atoms with Crippen LogP contribution >= 0.6 is 8.25 Å². The summed E-state index contributed by atoms with van der Waals surface area (Å²) in [6, 6.07) is 1.44. The van der Waals surface area contributed by atoms with Crippen molar-refractivity contribution >= 4 is 25.9 Å². The van der Waals surface area contributed by atoms with E-state index in [4.69, 9.17) is 35.6 Å². The van der Waals surface area contributed by atoms with E-state index in [9.17, 15) is 4.57 Å². The lowest BCUT2D eigenvalue weighted by molar-refractivity contribution is 0.0697. The van der Waals surface area contributed by atoms with Crippen molar-refractivity contribution in [1.82, 2.24) is 0 Å². The maximum absolute atomic E-state index is 12.0. The van der Waals surface area contributed by atoms with Crippen LogP contribution in [0.15, 0.2) is 0 Å². The Morgan fingerprint density at radius 1 is 0.500 bits per heavy atom. The van der Waals surface area contributed by atoms with Crippen LogP contribution in [0.4, 0.5) is 0 Å². The molecule has 0 radical (unpaired) electrons. The topological polar surface area (TPSA) is 90.9 Å². The first kappa shape index (κ1) is 32.3. The average molecular weight is 519 g/mol. The second kappa shape index (κ2) is 20.7. The molecule has 0 N–H and O–H groups in total. The summed E-state index contributed by atoms with van der Waals surface area (Å²) in [6.45, 7) is 15.8. The second-order valence-electron chi connectivity index (χ2n) is 6.83. The minimum absolute atomic E-state index is 0.377. The van der Waals surface area contributed by atoms with Gasteiger partial charge in [0.1, 0.15) is 0 Å². The van der Waals surface area contributed by atoms with E-state index in [1.54, 1.807) is 0 Å². The molecule has 0 heterocycles. The van der Waals surface area contributed by atoms with Crippen LogP contribution < -0.4 is 0 Å². The van der Waals surface area contributed by atoms with Crippen LogP contribution in [0.2, 0.25) is 12.1 Å². The van der Waals surface area contributed by atoms with Crippen molar-refractivity contribution in [2.45, 2.75) is 79.3 Å². The average Bonchev–Trinajstić information content (AvgIpc) is 2.74. The normalized spacial score (nSPS) is 12.7. The molecule has 0 saturated heterocycles. The number of rotatable bonds is 24. The highest BCUT2D eigenvalue weighted by atomic mass is 31.1. The smallest absolute Gasteiger partial charge is 0.374 e. The van der Waals surface area contributed by atoms with E-state index >= 15 is 0 Å².